The Morgan fingerprint density at radius 3 is 3.00 bits per heavy atom. The van der Waals surface area contributed by atoms with Gasteiger partial charge in [0.1, 0.15) is 0 Å². The number of alkyl halides is 1. The summed E-state index contributed by atoms with van der Waals surface area (Å²) >= 11 is 7.39. The average Bonchev–Trinajstić information content (AvgIpc) is 2.73. The van der Waals surface area contributed by atoms with E-state index >= 15 is 0 Å². The van der Waals surface area contributed by atoms with Gasteiger partial charge in [-0.1, -0.05) is 15.9 Å². The monoisotopic (exact) mass is 385 g/mol. The lowest BCUT2D eigenvalue weighted by Gasteiger charge is -2.14. The highest BCUT2D eigenvalue weighted by molar-refractivity contribution is 14.1. The van der Waals surface area contributed by atoms with Gasteiger partial charge in [0, 0.05) is 23.3 Å². The van der Waals surface area contributed by atoms with Gasteiger partial charge in [-0.2, -0.15) is 0 Å². The predicted octanol–water partition coefficient (Wildman–Crippen LogP) is 2.96. The first-order valence-electron chi connectivity index (χ1n) is 4.34. The highest BCUT2D eigenvalue weighted by Crippen LogP contribution is 2.22. The number of rotatable bonds is 1. The Morgan fingerprint density at radius 1 is 1.71 bits per heavy atom. The fourth-order valence-corrected chi connectivity index (χ4v) is 3.38. The molecule has 1 amide bonds. The molecule has 2 nitrogen and oxygen atoms in total. The molecule has 0 N–H and O–H groups in total. The smallest absolute Gasteiger partial charge is 0.254 e. The normalized spacial score (nSPS) is 21.6. The summed E-state index contributed by atoms with van der Waals surface area (Å²) in [6, 6.07) is 1.95. The Bertz CT molecular complexity index is 354. The van der Waals surface area contributed by atoms with Gasteiger partial charge in [-0.05, 0) is 35.1 Å². The van der Waals surface area contributed by atoms with Crippen LogP contribution in [0.4, 0.5) is 0 Å². The molecule has 14 heavy (non-hydrogen) atoms. The third kappa shape index (κ3) is 2.30. The molecule has 0 saturated carbocycles. The minimum Gasteiger partial charge on any atom is -0.337 e. The van der Waals surface area contributed by atoms with Crippen LogP contribution >= 0.6 is 49.9 Å². The van der Waals surface area contributed by atoms with Crippen molar-refractivity contribution in [2.45, 2.75) is 11.2 Å². The molecule has 1 aromatic heterocycles. The van der Waals surface area contributed by atoms with E-state index in [1.807, 2.05) is 16.3 Å². The van der Waals surface area contributed by atoms with Gasteiger partial charge in [0.25, 0.3) is 5.91 Å². The topological polar surface area (TPSA) is 20.3 Å². The first kappa shape index (κ1) is 10.9. The quantitative estimate of drug-likeness (QED) is 0.537. The Labute approximate surface area is 109 Å². The van der Waals surface area contributed by atoms with Crippen LogP contribution in [0.15, 0.2) is 11.4 Å². The van der Waals surface area contributed by atoms with Crippen LogP contribution in [0.5, 0.6) is 0 Å². The molecule has 76 valence electrons. The molecule has 1 saturated heterocycles. The molecule has 0 radical (unpaired) electrons. The Morgan fingerprint density at radius 2 is 2.50 bits per heavy atom. The van der Waals surface area contributed by atoms with Gasteiger partial charge >= 0.3 is 0 Å². The molecule has 5 heteroatoms. The number of thiophene rings is 1. The number of nitrogens with zero attached hydrogens (tertiary/aromatic N) is 1. The highest BCUT2D eigenvalue weighted by atomic mass is 127. The lowest BCUT2D eigenvalue weighted by Crippen LogP contribution is -2.28. The van der Waals surface area contributed by atoms with E-state index in [1.165, 1.54) is 2.88 Å². The van der Waals surface area contributed by atoms with E-state index in [4.69, 9.17) is 0 Å². The average molecular weight is 386 g/mol. The molecule has 1 fully saturated rings. The van der Waals surface area contributed by atoms with Gasteiger partial charge in [0.05, 0.1) is 8.45 Å². The molecular formula is C9H9BrINOS. The Kier molecular flexibility index (Phi) is 3.49. The fourth-order valence-electron chi connectivity index (χ4n) is 1.51. The highest BCUT2D eigenvalue weighted by Gasteiger charge is 2.25. The van der Waals surface area contributed by atoms with Gasteiger partial charge in [-0.15, -0.1) is 11.3 Å². The maximum Gasteiger partial charge on any atom is 0.254 e. The summed E-state index contributed by atoms with van der Waals surface area (Å²) in [4.78, 5) is 14.3. The Hall–Kier alpha value is 0.380. The number of carbonyl (C=O) groups excluding carboxylic acids is 1. The minimum absolute atomic E-state index is 0.172. The maximum atomic E-state index is 11.9. The second-order valence-corrected chi connectivity index (χ2v) is 7.38. The van der Waals surface area contributed by atoms with Crippen LogP contribution in [0.25, 0.3) is 0 Å². The Balaban J connectivity index is 2.09. The second-order valence-electron chi connectivity index (χ2n) is 3.28. The molecule has 0 aliphatic carbocycles. The number of hydrogen-bond acceptors (Lipinski definition) is 2. The van der Waals surface area contributed by atoms with Crippen LogP contribution in [0.1, 0.15) is 16.8 Å². The maximum absolute atomic E-state index is 11.9. The molecule has 1 unspecified atom stereocenters. The SMILES string of the molecule is O=C(c1csc(I)c1)N1CCC(Br)C1. The van der Waals surface area contributed by atoms with E-state index in [0.717, 1.165) is 25.1 Å². The molecule has 2 heterocycles. The molecule has 1 aromatic rings. The number of hydrogen-bond donors (Lipinski definition) is 0. The van der Waals surface area contributed by atoms with Crippen LogP contribution in [-0.2, 0) is 0 Å². The number of halogens is 2. The minimum atomic E-state index is 0.172. The van der Waals surface area contributed by atoms with E-state index in [-0.39, 0.29) is 5.91 Å². The summed E-state index contributed by atoms with van der Waals surface area (Å²) in [6.45, 7) is 1.71. The second kappa shape index (κ2) is 4.49. The summed E-state index contributed by atoms with van der Waals surface area (Å²) in [5.74, 6) is 0.172. The molecule has 1 atom stereocenters. The van der Waals surface area contributed by atoms with Gasteiger partial charge < -0.3 is 4.90 Å². The first-order chi connectivity index (χ1) is 6.66. The van der Waals surface area contributed by atoms with E-state index in [1.54, 1.807) is 11.3 Å². The third-order valence-electron chi connectivity index (χ3n) is 2.23. The van der Waals surface area contributed by atoms with Crippen molar-refractivity contribution in [3.05, 3.63) is 19.9 Å². The largest absolute Gasteiger partial charge is 0.337 e. The van der Waals surface area contributed by atoms with Crippen molar-refractivity contribution in [1.82, 2.24) is 4.90 Å². The zero-order valence-electron chi connectivity index (χ0n) is 7.37. The van der Waals surface area contributed by atoms with Crippen LogP contribution < -0.4 is 0 Å². The predicted molar refractivity (Wildman–Crippen MR) is 70.3 cm³/mol. The van der Waals surface area contributed by atoms with Crippen LogP contribution in [0, 0.1) is 2.88 Å². The first-order valence-corrected chi connectivity index (χ1v) is 7.21. The lowest BCUT2D eigenvalue weighted by atomic mass is 10.3. The number of carbonyl (C=O) groups is 1. The standard InChI is InChI=1S/C9H9BrINOS/c10-7-1-2-12(4-7)9(13)6-3-8(11)14-5-6/h3,5,7H,1-2,4H2. The molecule has 2 rings (SSSR count). The van der Waals surface area contributed by atoms with Crippen LogP contribution in [-0.4, -0.2) is 28.7 Å². The molecule has 0 aromatic carbocycles. The van der Waals surface area contributed by atoms with E-state index in [2.05, 4.69) is 38.5 Å². The van der Waals surface area contributed by atoms with Crippen molar-refractivity contribution >= 4 is 55.8 Å². The van der Waals surface area contributed by atoms with Crippen molar-refractivity contribution in [2.75, 3.05) is 13.1 Å². The third-order valence-corrected chi connectivity index (χ3v) is 4.77. The number of amides is 1. The summed E-state index contributed by atoms with van der Waals surface area (Å²) < 4.78 is 1.17. The van der Waals surface area contributed by atoms with Crippen LogP contribution in [0.3, 0.4) is 0 Å². The summed E-state index contributed by atoms with van der Waals surface area (Å²) in [5, 5.41) is 1.94. The zero-order valence-corrected chi connectivity index (χ0v) is 11.9. The molecule has 0 bridgehead atoms. The molecule has 1 aliphatic rings. The van der Waals surface area contributed by atoms with Crippen molar-refractivity contribution in [3.63, 3.8) is 0 Å². The van der Waals surface area contributed by atoms with E-state index in [9.17, 15) is 4.79 Å². The van der Waals surface area contributed by atoms with Gasteiger partial charge in [0.2, 0.25) is 0 Å². The van der Waals surface area contributed by atoms with Gasteiger partial charge in [-0.25, -0.2) is 0 Å². The van der Waals surface area contributed by atoms with Gasteiger partial charge in [0.15, 0.2) is 0 Å². The van der Waals surface area contributed by atoms with Crippen molar-refractivity contribution in [1.29, 1.82) is 0 Å². The fraction of sp³-hybridized carbons (Fsp3) is 0.444. The van der Waals surface area contributed by atoms with Crippen molar-refractivity contribution < 1.29 is 4.79 Å². The van der Waals surface area contributed by atoms with Crippen LogP contribution in [0.2, 0.25) is 0 Å². The molecular weight excluding hydrogens is 377 g/mol. The molecule has 1 aliphatic heterocycles. The van der Waals surface area contributed by atoms with Crippen molar-refractivity contribution in [3.8, 4) is 0 Å². The lowest BCUT2D eigenvalue weighted by molar-refractivity contribution is 0.0794. The summed E-state index contributed by atoms with van der Waals surface area (Å²) in [5.41, 5.74) is 0.834. The summed E-state index contributed by atoms with van der Waals surface area (Å²) in [6.07, 6.45) is 1.06. The zero-order chi connectivity index (χ0) is 10.1. The summed E-state index contributed by atoms with van der Waals surface area (Å²) in [7, 11) is 0. The molecule has 0 spiro atoms. The van der Waals surface area contributed by atoms with E-state index < -0.39 is 0 Å². The van der Waals surface area contributed by atoms with Crippen molar-refractivity contribution in [2.24, 2.45) is 0 Å². The number of likely N-dealkylation sites (tertiary alicyclic amines) is 1. The van der Waals surface area contributed by atoms with Gasteiger partial charge in [-0.3, -0.25) is 4.79 Å². The van der Waals surface area contributed by atoms with E-state index in [0.29, 0.717) is 4.83 Å².